The molecule has 0 N–H and O–H groups in total. The third kappa shape index (κ3) is 1.74. The fourth-order valence-electron chi connectivity index (χ4n) is 3.50. The van der Waals surface area contributed by atoms with Crippen LogP contribution in [-0.2, 0) is 0 Å². The van der Waals surface area contributed by atoms with Crippen molar-refractivity contribution in [3.63, 3.8) is 0 Å². The Morgan fingerprint density at radius 1 is 0.609 bits per heavy atom. The molecule has 0 aliphatic carbocycles. The summed E-state index contributed by atoms with van der Waals surface area (Å²) < 4.78 is 2.33. The van der Waals surface area contributed by atoms with E-state index in [0.29, 0.717) is 0 Å². The number of hydrogen-bond donors (Lipinski definition) is 0. The SMILES string of the molecule is [c]1cccc2c3ccccc3n(-c3cccc4ccccc34)c12. The molecule has 5 aromatic rings. The zero-order valence-electron chi connectivity index (χ0n) is 12.5. The summed E-state index contributed by atoms with van der Waals surface area (Å²) in [5.41, 5.74) is 3.56. The highest BCUT2D eigenvalue weighted by atomic mass is 15.0. The summed E-state index contributed by atoms with van der Waals surface area (Å²) in [6, 6.07) is 33.2. The van der Waals surface area contributed by atoms with Gasteiger partial charge in [-0.3, -0.25) is 0 Å². The first-order valence-electron chi connectivity index (χ1n) is 7.81. The molecule has 0 amide bonds. The smallest absolute Gasteiger partial charge is 0.0620 e. The maximum atomic E-state index is 3.43. The largest absolute Gasteiger partial charge is 0.308 e. The molecule has 1 nitrogen and oxygen atoms in total. The fourth-order valence-corrected chi connectivity index (χ4v) is 3.50. The topological polar surface area (TPSA) is 4.93 Å². The highest BCUT2D eigenvalue weighted by Crippen LogP contribution is 2.33. The number of rotatable bonds is 1. The van der Waals surface area contributed by atoms with E-state index in [9.17, 15) is 0 Å². The van der Waals surface area contributed by atoms with E-state index >= 15 is 0 Å². The van der Waals surface area contributed by atoms with Crippen LogP contribution in [-0.4, -0.2) is 4.57 Å². The summed E-state index contributed by atoms with van der Waals surface area (Å²) >= 11 is 0. The average Bonchev–Trinajstić information content (AvgIpc) is 2.96. The zero-order chi connectivity index (χ0) is 15.2. The van der Waals surface area contributed by atoms with Crippen molar-refractivity contribution < 1.29 is 0 Å². The second-order valence-electron chi connectivity index (χ2n) is 5.78. The van der Waals surface area contributed by atoms with Crippen LogP contribution in [0.4, 0.5) is 0 Å². The van der Waals surface area contributed by atoms with Crippen molar-refractivity contribution in [2.45, 2.75) is 0 Å². The van der Waals surface area contributed by atoms with Crippen LogP contribution in [0.15, 0.2) is 84.9 Å². The van der Waals surface area contributed by atoms with Gasteiger partial charge in [0.25, 0.3) is 0 Å². The number of benzene rings is 4. The van der Waals surface area contributed by atoms with E-state index in [2.05, 4.69) is 89.5 Å². The quantitative estimate of drug-likeness (QED) is 0.371. The van der Waals surface area contributed by atoms with Gasteiger partial charge in [0.15, 0.2) is 0 Å². The molecule has 0 atom stereocenters. The molecule has 23 heavy (non-hydrogen) atoms. The van der Waals surface area contributed by atoms with Crippen molar-refractivity contribution in [2.75, 3.05) is 0 Å². The lowest BCUT2D eigenvalue weighted by Crippen LogP contribution is -1.94. The maximum absolute atomic E-state index is 3.43. The van der Waals surface area contributed by atoms with Crippen molar-refractivity contribution in [2.24, 2.45) is 0 Å². The molecule has 0 saturated carbocycles. The van der Waals surface area contributed by atoms with Crippen LogP contribution in [0.1, 0.15) is 0 Å². The van der Waals surface area contributed by atoms with Crippen LogP contribution in [0.3, 0.4) is 0 Å². The summed E-state index contributed by atoms with van der Waals surface area (Å²) in [6.07, 6.45) is 0. The molecule has 1 heteroatoms. The zero-order valence-corrected chi connectivity index (χ0v) is 12.5. The van der Waals surface area contributed by atoms with Gasteiger partial charge in [-0.1, -0.05) is 72.8 Å². The Balaban J connectivity index is 2.03. The van der Waals surface area contributed by atoms with Gasteiger partial charge < -0.3 is 4.57 Å². The van der Waals surface area contributed by atoms with Gasteiger partial charge >= 0.3 is 0 Å². The molecule has 1 radical (unpaired) electrons. The summed E-state index contributed by atoms with van der Waals surface area (Å²) in [4.78, 5) is 0. The van der Waals surface area contributed by atoms with E-state index in [0.717, 1.165) is 5.52 Å². The van der Waals surface area contributed by atoms with Crippen molar-refractivity contribution >= 4 is 32.6 Å². The second-order valence-corrected chi connectivity index (χ2v) is 5.78. The maximum Gasteiger partial charge on any atom is 0.0620 e. The molecular formula is C22H14N. The van der Waals surface area contributed by atoms with Gasteiger partial charge in [-0.05, 0) is 17.5 Å². The Morgan fingerprint density at radius 2 is 1.35 bits per heavy atom. The number of nitrogens with zero attached hydrogens (tertiary/aromatic N) is 1. The van der Waals surface area contributed by atoms with Crippen LogP contribution in [0, 0.1) is 6.07 Å². The minimum absolute atomic E-state index is 1.13. The van der Waals surface area contributed by atoms with Gasteiger partial charge in [0.05, 0.1) is 16.7 Å². The predicted octanol–water partition coefficient (Wildman–Crippen LogP) is 5.74. The first-order valence-corrected chi connectivity index (χ1v) is 7.81. The van der Waals surface area contributed by atoms with Crippen molar-refractivity contribution in [3.05, 3.63) is 91.0 Å². The first-order chi connectivity index (χ1) is 11.4. The molecule has 0 unspecified atom stereocenters. The highest BCUT2D eigenvalue weighted by molar-refractivity contribution is 6.10. The van der Waals surface area contributed by atoms with Crippen LogP contribution in [0.25, 0.3) is 38.3 Å². The number of aromatic nitrogens is 1. The first kappa shape index (κ1) is 12.5. The number of hydrogen-bond acceptors (Lipinski definition) is 0. The minimum atomic E-state index is 1.13. The number of fused-ring (bicyclic) bond motifs is 4. The van der Waals surface area contributed by atoms with Gasteiger partial charge in [-0.2, -0.15) is 0 Å². The molecule has 0 saturated heterocycles. The van der Waals surface area contributed by atoms with Gasteiger partial charge in [0.1, 0.15) is 0 Å². The third-order valence-corrected chi connectivity index (χ3v) is 4.50. The summed E-state index contributed by atoms with van der Waals surface area (Å²) in [5, 5.41) is 5.03. The Bertz CT molecular complexity index is 1110. The minimum Gasteiger partial charge on any atom is -0.308 e. The highest BCUT2D eigenvalue weighted by Gasteiger charge is 2.12. The molecule has 0 bridgehead atoms. The van der Waals surface area contributed by atoms with E-state index in [1.807, 2.05) is 6.07 Å². The standard InChI is InChI=1S/C22H14N/c1-2-10-17-16(8-1)9-7-15-20(17)23-21-13-5-3-11-18(21)19-12-4-6-14-22(19)23/h1-13,15H. The molecule has 4 aromatic carbocycles. The average molecular weight is 292 g/mol. The second kappa shape index (κ2) is 4.72. The van der Waals surface area contributed by atoms with Crippen LogP contribution in [0.5, 0.6) is 0 Å². The van der Waals surface area contributed by atoms with Crippen LogP contribution < -0.4 is 0 Å². The Morgan fingerprint density at radius 3 is 2.30 bits per heavy atom. The van der Waals surface area contributed by atoms with E-state index in [1.54, 1.807) is 0 Å². The monoisotopic (exact) mass is 292 g/mol. The molecule has 1 aromatic heterocycles. The van der Waals surface area contributed by atoms with Gasteiger partial charge in [-0.15, -0.1) is 0 Å². The van der Waals surface area contributed by atoms with E-state index in [1.165, 1.54) is 32.7 Å². The van der Waals surface area contributed by atoms with Gasteiger partial charge in [0, 0.05) is 22.2 Å². The van der Waals surface area contributed by atoms with Crippen LogP contribution >= 0.6 is 0 Å². The molecule has 1 heterocycles. The normalized spacial score (nSPS) is 11.5. The lowest BCUT2D eigenvalue weighted by atomic mass is 10.1. The Kier molecular flexibility index (Phi) is 2.56. The van der Waals surface area contributed by atoms with E-state index in [4.69, 9.17) is 0 Å². The lowest BCUT2D eigenvalue weighted by molar-refractivity contribution is 1.20. The summed E-state index contributed by atoms with van der Waals surface area (Å²) in [5.74, 6) is 0. The Hall–Kier alpha value is -3.06. The summed E-state index contributed by atoms with van der Waals surface area (Å²) in [6.45, 7) is 0. The number of para-hydroxylation sites is 2. The van der Waals surface area contributed by atoms with E-state index < -0.39 is 0 Å². The van der Waals surface area contributed by atoms with Gasteiger partial charge in [0.2, 0.25) is 0 Å². The molecule has 0 aliphatic heterocycles. The molecule has 107 valence electrons. The van der Waals surface area contributed by atoms with Crippen molar-refractivity contribution in [3.8, 4) is 5.69 Å². The lowest BCUT2D eigenvalue weighted by Gasteiger charge is -2.11. The Labute approximate surface area is 134 Å². The van der Waals surface area contributed by atoms with Gasteiger partial charge in [-0.25, -0.2) is 0 Å². The molecule has 5 rings (SSSR count). The molecule has 0 spiro atoms. The molecular weight excluding hydrogens is 278 g/mol. The molecule has 0 aliphatic rings. The molecule has 0 fully saturated rings. The summed E-state index contributed by atoms with van der Waals surface area (Å²) in [7, 11) is 0. The van der Waals surface area contributed by atoms with Crippen molar-refractivity contribution in [1.29, 1.82) is 0 Å². The van der Waals surface area contributed by atoms with E-state index in [-0.39, 0.29) is 0 Å². The predicted molar refractivity (Wildman–Crippen MR) is 97.1 cm³/mol. The van der Waals surface area contributed by atoms with Crippen LogP contribution in [0.2, 0.25) is 0 Å². The third-order valence-electron chi connectivity index (χ3n) is 4.50. The fraction of sp³-hybridized carbons (Fsp3) is 0. The van der Waals surface area contributed by atoms with Crippen molar-refractivity contribution in [1.82, 2.24) is 4.57 Å².